The second-order valence-corrected chi connectivity index (χ2v) is 5.63. The number of nitrogens with one attached hydrogen (secondary N) is 1. The molecule has 122 valence electrons. The van der Waals surface area contributed by atoms with Gasteiger partial charge in [0.05, 0.1) is 6.61 Å². The lowest BCUT2D eigenvalue weighted by atomic mass is 10.1. The minimum absolute atomic E-state index is 0.103. The van der Waals surface area contributed by atoms with Crippen LogP contribution in [0.2, 0.25) is 0 Å². The number of carbonyl (C=O) groups is 1. The van der Waals surface area contributed by atoms with Gasteiger partial charge < -0.3 is 10.1 Å². The Labute approximate surface area is 138 Å². The Kier molecular flexibility index (Phi) is 6.67. The molecule has 23 heavy (non-hydrogen) atoms. The average Bonchev–Trinajstić information content (AvgIpc) is 2.59. The fraction of sp³-hybridized carbons (Fsp3) is 0.350. The number of anilines is 1. The molecule has 0 aromatic heterocycles. The summed E-state index contributed by atoms with van der Waals surface area (Å²) in [5, 5.41) is 2.92. The average molecular weight is 311 g/mol. The van der Waals surface area contributed by atoms with E-state index in [0.29, 0.717) is 12.2 Å². The number of unbranched alkanes of at least 4 members (excludes halogenated alkanes) is 1. The first-order chi connectivity index (χ1) is 11.2. The van der Waals surface area contributed by atoms with Crippen molar-refractivity contribution in [3.8, 4) is 5.75 Å². The molecule has 0 aliphatic carbocycles. The molecule has 0 spiro atoms. The van der Waals surface area contributed by atoms with Crippen molar-refractivity contribution in [2.75, 3.05) is 11.9 Å². The monoisotopic (exact) mass is 311 g/mol. The number of carbonyl (C=O) groups excluding carboxylic acids is 1. The molecular formula is C20H25NO2. The maximum Gasteiger partial charge on any atom is 0.255 e. The lowest BCUT2D eigenvalue weighted by molar-refractivity contribution is 0.102. The summed E-state index contributed by atoms with van der Waals surface area (Å²) in [6, 6.07) is 15.3. The molecule has 0 saturated carbocycles. The molecule has 2 aromatic carbocycles. The number of rotatable bonds is 8. The molecule has 3 heteroatoms. The number of amides is 1. The summed E-state index contributed by atoms with van der Waals surface area (Å²) < 4.78 is 5.52. The molecule has 0 radical (unpaired) electrons. The molecule has 0 bridgehead atoms. The third kappa shape index (κ3) is 5.44. The molecule has 0 atom stereocenters. The van der Waals surface area contributed by atoms with Gasteiger partial charge in [-0.1, -0.05) is 32.4 Å². The number of benzene rings is 2. The Hall–Kier alpha value is -2.29. The van der Waals surface area contributed by atoms with Crippen LogP contribution in [0.15, 0.2) is 48.5 Å². The smallest absolute Gasteiger partial charge is 0.255 e. The second-order valence-electron chi connectivity index (χ2n) is 5.63. The van der Waals surface area contributed by atoms with E-state index >= 15 is 0 Å². The van der Waals surface area contributed by atoms with Crippen LogP contribution in [0.25, 0.3) is 0 Å². The Morgan fingerprint density at radius 3 is 2.26 bits per heavy atom. The van der Waals surface area contributed by atoms with Crippen molar-refractivity contribution in [2.24, 2.45) is 0 Å². The first-order valence-electron chi connectivity index (χ1n) is 8.36. The predicted molar refractivity (Wildman–Crippen MR) is 95.2 cm³/mol. The van der Waals surface area contributed by atoms with Gasteiger partial charge in [0.1, 0.15) is 5.75 Å². The standard InChI is InChI=1S/C20H25NO2/c1-3-5-6-16-7-11-18(12-8-16)21-20(22)17-9-13-19(14-10-17)23-15-4-2/h7-14H,3-6,15H2,1-2H3,(H,21,22). The quantitative estimate of drug-likeness (QED) is 0.739. The molecule has 2 aromatic rings. The van der Waals surface area contributed by atoms with Gasteiger partial charge in [-0.15, -0.1) is 0 Å². The molecule has 2 rings (SSSR count). The molecule has 0 unspecified atom stereocenters. The Morgan fingerprint density at radius 2 is 1.65 bits per heavy atom. The van der Waals surface area contributed by atoms with Crippen LogP contribution in [0.5, 0.6) is 5.75 Å². The van der Waals surface area contributed by atoms with Gasteiger partial charge in [-0.25, -0.2) is 0 Å². The van der Waals surface area contributed by atoms with Crippen LogP contribution in [0.4, 0.5) is 5.69 Å². The van der Waals surface area contributed by atoms with Gasteiger partial charge in [0, 0.05) is 11.3 Å². The largest absolute Gasteiger partial charge is 0.494 e. The fourth-order valence-corrected chi connectivity index (χ4v) is 2.26. The first kappa shape index (κ1) is 17.1. The van der Waals surface area contributed by atoms with E-state index < -0.39 is 0 Å². The zero-order valence-electron chi connectivity index (χ0n) is 14.0. The van der Waals surface area contributed by atoms with E-state index in [-0.39, 0.29) is 5.91 Å². The van der Waals surface area contributed by atoms with Gasteiger partial charge in [0.2, 0.25) is 0 Å². The second kappa shape index (κ2) is 8.99. The third-order valence-electron chi connectivity index (χ3n) is 3.62. The van der Waals surface area contributed by atoms with Crippen LogP contribution >= 0.6 is 0 Å². The zero-order valence-corrected chi connectivity index (χ0v) is 14.0. The molecule has 0 fully saturated rings. The SMILES string of the molecule is CCCCc1ccc(NC(=O)c2ccc(OCCC)cc2)cc1. The van der Waals surface area contributed by atoms with Crippen LogP contribution in [-0.4, -0.2) is 12.5 Å². The van der Waals surface area contributed by atoms with E-state index in [0.717, 1.165) is 24.3 Å². The van der Waals surface area contributed by atoms with Crippen LogP contribution in [0, 0.1) is 0 Å². The summed E-state index contributed by atoms with van der Waals surface area (Å²) in [4.78, 5) is 12.2. The number of aryl methyl sites for hydroxylation is 1. The minimum atomic E-state index is -0.103. The van der Waals surface area contributed by atoms with Crippen molar-refractivity contribution < 1.29 is 9.53 Å². The van der Waals surface area contributed by atoms with Gasteiger partial charge in [-0.05, 0) is 61.2 Å². The highest BCUT2D eigenvalue weighted by Gasteiger charge is 2.06. The van der Waals surface area contributed by atoms with Gasteiger partial charge in [-0.2, -0.15) is 0 Å². The van der Waals surface area contributed by atoms with E-state index in [1.165, 1.54) is 18.4 Å². The number of hydrogen-bond acceptors (Lipinski definition) is 2. The minimum Gasteiger partial charge on any atom is -0.494 e. The van der Waals surface area contributed by atoms with Crippen molar-refractivity contribution in [1.29, 1.82) is 0 Å². The molecule has 0 saturated heterocycles. The molecule has 0 heterocycles. The topological polar surface area (TPSA) is 38.3 Å². The lowest BCUT2D eigenvalue weighted by Gasteiger charge is -2.08. The van der Waals surface area contributed by atoms with Crippen LogP contribution in [0.3, 0.4) is 0 Å². The maximum atomic E-state index is 12.2. The van der Waals surface area contributed by atoms with Gasteiger partial charge in [-0.3, -0.25) is 4.79 Å². The zero-order chi connectivity index (χ0) is 16.5. The van der Waals surface area contributed by atoms with Crippen LogP contribution in [0.1, 0.15) is 49.0 Å². The predicted octanol–water partition coefficient (Wildman–Crippen LogP) is 5.07. The summed E-state index contributed by atoms with van der Waals surface area (Å²) in [5.74, 6) is 0.692. The van der Waals surface area contributed by atoms with Crippen molar-refractivity contribution >= 4 is 11.6 Å². The van der Waals surface area contributed by atoms with E-state index in [4.69, 9.17) is 4.74 Å². The molecule has 0 aliphatic rings. The van der Waals surface area contributed by atoms with E-state index in [2.05, 4.69) is 31.3 Å². The Morgan fingerprint density at radius 1 is 0.957 bits per heavy atom. The number of ether oxygens (including phenoxy) is 1. The molecule has 1 N–H and O–H groups in total. The Balaban J connectivity index is 1.93. The van der Waals surface area contributed by atoms with Crippen molar-refractivity contribution in [1.82, 2.24) is 0 Å². The summed E-state index contributed by atoms with van der Waals surface area (Å²) in [5.41, 5.74) is 2.76. The van der Waals surface area contributed by atoms with E-state index in [1.54, 1.807) is 12.1 Å². The normalized spacial score (nSPS) is 10.3. The highest BCUT2D eigenvalue weighted by molar-refractivity contribution is 6.04. The van der Waals surface area contributed by atoms with E-state index in [9.17, 15) is 4.79 Å². The molecular weight excluding hydrogens is 286 g/mol. The third-order valence-corrected chi connectivity index (χ3v) is 3.62. The van der Waals surface area contributed by atoms with Crippen molar-refractivity contribution in [2.45, 2.75) is 39.5 Å². The number of hydrogen-bond donors (Lipinski definition) is 1. The van der Waals surface area contributed by atoms with Crippen LogP contribution in [-0.2, 0) is 6.42 Å². The lowest BCUT2D eigenvalue weighted by Crippen LogP contribution is -2.11. The summed E-state index contributed by atoms with van der Waals surface area (Å²) in [6.45, 7) is 4.94. The summed E-state index contributed by atoms with van der Waals surface area (Å²) >= 11 is 0. The molecule has 0 aliphatic heterocycles. The molecule has 3 nitrogen and oxygen atoms in total. The van der Waals surface area contributed by atoms with Crippen LogP contribution < -0.4 is 10.1 Å². The highest BCUT2D eigenvalue weighted by Crippen LogP contribution is 2.16. The van der Waals surface area contributed by atoms with Gasteiger partial charge in [0.15, 0.2) is 0 Å². The van der Waals surface area contributed by atoms with Gasteiger partial charge in [0.25, 0.3) is 5.91 Å². The summed E-state index contributed by atoms with van der Waals surface area (Å²) in [6.07, 6.45) is 4.44. The van der Waals surface area contributed by atoms with Crippen molar-refractivity contribution in [3.05, 3.63) is 59.7 Å². The highest BCUT2D eigenvalue weighted by atomic mass is 16.5. The Bertz CT molecular complexity index is 603. The fourth-order valence-electron chi connectivity index (χ4n) is 2.26. The molecule has 1 amide bonds. The van der Waals surface area contributed by atoms with Crippen molar-refractivity contribution in [3.63, 3.8) is 0 Å². The first-order valence-corrected chi connectivity index (χ1v) is 8.36. The summed E-state index contributed by atoms with van der Waals surface area (Å²) in [7, 11) is 0. The maximum absolute atomic E-state index is 12.2. The van der Waals surface area contributed by atoms with E-state index in [1.807, 2.05) is 24.3 Å². The van der Waals surface area contributed by atoms with Gasteiger partial charge >= 0.3 is 0 Å².